The number of ether oxygens (including phenoxy) is 3. The minimum Gasteiger partial charge on any atom is -0.462 e. The second-order valence-corrected chi connectivity index (χ2v) is 19.9. The number of unbranched alkanes of at least 4 members (excludes halogenated alkanes) is 37. The number of allylic oxidation sites excluding steroid dienone is 6. The van der Waals surface area contributed by atoms with Crippen LogP contribution in [-0.4, -0.2) is 37.2 Å². The number of carbonyl (C=O) groups is 3. The number of esters is 3. The predicted octanol–water partition coefficient (Wildman–Crippen LogP) is 19.7. The average Bonchev–Trinajstić information content (AvgIpc) is 3.33. The average molecular weight is 942 g/mol. The molecule has 0 saturated carbocycles. The van der Waals surface area contributed by atoms with Crippen LogP contribution in [0.3, 0.4) is 0 Å². The van der Waals surface area contributed by atoms with Gasteiger partial charge in [0.25, 0.3) is 0 Å². The summed E-state index contributed by atoms with van der Waals surface area (Å²) >= 11 is 0. The van der Waals surface area contributed by atoms with E-state index in [2.05, 4.69) is 57.2 Å². The molecule has 0 aliphatic carbocycles. The van der Waals surface area contributed by atoms with Gasteiger partial charge in [0.15, 0.2) is 6.10 Å². The largest absolute Gasteiger partial charge is 0.462 e. The lowest BCUT2D eigenvalue weighted by Crippen LogP contribution is -2.30. The van der Waals surface area contributed by atoms with Gasteiger partial charge < -0.3 is 14.2 Å². The molecule has 0 aromatic carbocycles. The molecule has 1 atom stereocenters. The second kappa shape index (κ2) is 56.2. The first-order valence-electron chi connectivity index (χ1n) is 29.5. The number of hydrogen-bond donors (Lipinski definition) is 0. The molecule has 0 radical (unpaired) electrons. The van der Waals surface area contributed by atoms with Crippen molar-refractivity contribution in [3.05, 3.63) is 36.5 Å². The summed E-state index contributed by atoms with van der Waals surface area (Å²) in [7, 11) is 0. The van der Waals surface area contributed by atoms with Crippen LogP contribution in [0.25, 0.3) is 0 Å². The van der Waals surface area contributed by atoms with Crippen LogP contribution in [0.15, 0.2) is 36.5 Å². The third kappa shape index (κ3) is 54.4. The fraction of sp³-hybridized carbons (Fsp3) is 0.852. The topological polar surface area (TPSA) is 78.9 Å². The zero-order valence-electron chi connectivity index (χ0n) is 44.9. The van der Waals surface area contributed by atoms with Gasteiger partial charge in [-0.3, -0.25) is 14.4 Å². The van der Waals surface area contributed by atoms with E-state index in [4.69, 9.17) is 14.2 Å². The van der Waals surface area contributed by atoms with E-state index >= 15 is 0 Å². The fourth-order valence-electron chi connectivity index (χ4n) is 8.69. The molecule has 0 N–H and O–H groups in total. The van der Waals surface area contributed by atoms with Gasteiger partial charge in [0.1, 0.15) is 13.2 Å². The maximum atomic E-state index is 12.8. The molecule has 0 aliphatic heterocycles. The van der Waals surface area contributed by atoms with Crippen molar-refractivity contribution in [2.75, 3.05) is 13.2 Å². The summed E-state index contributed by atoms with van der Waals surface area (Å²) in [6.45, 7) is 6.63. The molecular formula is C61H112O6. The van der Waals surface area contributed by atoms with Crippen molar-refractivity contribution in [2.45, 2.75) is 322 Å². The Morgan fingerprint density at radius 2 is 0.537 bits per heavy atom. The maximum Gasteiger partial charge on any atom is 0.306 e. The first-order valence-corrected chi connectivity index (χ1v) is 29.5. The van der Waals surface area contributed by atoms with Crippen LogP contribution < -0.4 is 0 Å². The first kappa shape index (κ1) is 64.6. The summed E-state index contributed by atoms with van der Waals surface area (Å²) in [6, 6.07) is 0. The molecule has 0 amide bonds. The SMILES string of the molecule is CCCCCCC/C=C\C/C=C\C/C=C\CCCCCCCCC(=O)OCC(COC(=O)CCCCCCCCCC)OC(=O)CCCCCCCCCCCCCCCCCCCCCC. The van der Waals surface area contributed by atoms with Crippen LogP contribution in [0.2, 0.25) is 0 Å². The van der Waals surface area contributed by atoms with E-state index in [1.807, 2.05) is 0 Å². The van der Waals surface area contributed by atoms with Gasteiger partial charge >= 0.3 is 17.9 Å². The van der Waals surface area contributed by atoms with E-state index in [9.17, 15) is 14.4 Å². The second-order valence-electron chi connectivity index (χ2n) is 19.9. The van der Waals surface area contributed by atoms with Gasteiger partial charge in [-0.15, -0.1) is 0 Å². The van der Waals surface area contributed by atoms with Gasteiger partial charge in [-0.2, -0.15) is 0 Å². The van der Waals surface area contributed by atoms with Crippen LogP contribution in [0.4, 0.5) is 0 Å². The zero-order chi connectivity index (χ0) is 48.6. The van der Waals surface area contributed by atoms with Crippen molar-refractivity contribution in [1.82, 2.24) is 0 Å². The number of carbonyl (C=O) groups excluding carboxylic acids is 3. The molecule has 0 aromatic rings. The molecule has 0 aromatic heterocycles. The van der Waals surface area contributed by atoms with Gasteiger partial charge in [-0.05, 0) is 57.8 Å². The van der Waals surface area contributed by atoms with Crippen LogP contribution in [0.5, 0.6) is 0 Å². The molecule has 0 bridgehead atoms. The Balaban J connectivity index is 4.22. The van der Waals surface area contributed by atoms with Crippen molar-refractivity contribution in [3.63, 3.8) is 0 Å². The summed E-state index contributed by atoms with van der Waals surface area (Å²) in [5, 5.41) is 0. The van der Waals surface area contributed by atoms with Crippen molar-refractivity contribution in [3.8, 4) is 0 Å². The quantitative estimate of drug-likeness (QED) is 0.0262. The summed E-state index contributed by atoms with van der Waals surface area (Å²) < 4.78 is 16.8. The number of rotatable bonds is 54. The van der Waals surface area contributed by atoms with E-state index in [0.29, 0.717) is 19.3 Å². The van der Waals surface area contributed by atoms with Crippen molar-refractivity contribution < 1.29 is 28.6 Å². The van der Waals surface area contributed by atoms with E-state index in [-0.39, 0.29) is 31.1 Å². The van der Waals surface area contributed by atoms with E-state index in [0.717, 1.165) is 77.0 Å². The van der Waals surface area contributed by atoms with Crippen LogP contribution >= 0.6 is 0 Å². The highest BCUT2D eigenvalue weighted by Gasteiger charge is 2.19. The normalized spacial score (nSPS) is 12.2. The van der Waals surface area contributed by atoms with E-state index in [1.54, 1.807) is 0 Å². The molecule has 0 rings (SSSR count). The maximum absolute atomic E-state index is 12.8. The Bertz CT molecular complexity index is 1130. The highest BCUT2D eigenvalue weighted by atomic mass is 16.6. The van der Waals surface area contributed by atoms with Crippen LogP contribution in [0, 0.1) is 0 Å². The lowest BCUT2D eigenvalue weighted by atomic mass is 10.0. The molecule has 1 unspecified atom stereocenters. The lowest BCUT2D eigenvalue weighted by Gasteiger charge is -2.18. The highest BCUT2D eigenvalue weighted by Crippen LogP contribution is 2.17. The Kier molecular flexibility index (Phi) is 54.2. The van der Waals surface area contributed by atoms with Gasteiger partial charge in [-0.25, -0.2) is 0 Å². The summed E-state index contributed by atoms with van der Waals surface area (Å²) in [4.78, 5) is 38.0. The zero-order valence-corrected chi connectivity index (χ0v) is 44.9. The Hall–Kier alpha value is -2.37. The molecular weight excluding hydrogens is 829 g/mol. The monoisotopic (exact) mass is 941 g/mol. The Morgan fingerprint density at radius 3 is 0.836 bits per heavy atom. The molecule has 6 heteroatoms. The summed E-state index contributed by atoms with van der Waals surface area (Å²) in [6.07, 6.45) is 67.2. The molecule has 0 heterocycles. The van der Waals surface area contributed by atoms with E-state index in [1.165, 1.54) is 199 Å². The molecule has 0 spiro atoms. The Morgan fingerprint density at radius 1 is 0.299 bits per heavy atom. The minimum absolute atomic E-state index is 0.0725. The van der Waals surface area contributed by atoms with Crippen LogP contribution in [-0.2, 0) is 28.6 Å². The van der Waals surface area contributed by atoms with E-state index < -0.39 is 6.10 Å². The van der Waals surface area contributed by atoms with Crippen molar-refractivity contribution >= 4 is 17.9 Å². The Labute approximate surface area is 416 Å². The predicted molar refractivity (Wildman–Crippen MR) is 289 cm³/mol. The van der Waals surface area contributed by atoms with Gasteiger partial charge in [0, 0.05) is 19.3 Å². The van der Waals surface area contributed by atoms with Gasteiger partial charge in [0.2, 0.25) is 0 Å². The summed E-state index contributed by atoms with van der Waals surface area (Å²) in [5.74, 6) is -0.872. The standard InChI is InChI=1S/C61H112O6/c1-4-7-10-13-16-19-21-23-25-27-29-31-33-34-36-38-40-42-45-48-51-54-60(63)66-57-58(56-65-59(62)53-50-47-44-18-15-12-9-6-3)67-61(64)55-52-49-46-43-41-39-37-35-32-30-28-26-24-22-20-17-14-11-8-5-2/h21,23,27,29,33-34,58H,4-20,22,24-26,28,30-32,35-57H2,1-3H3/b23-21-,29-27-,34-33-. The molecule has 392 valence electrons. The smallest absolute Gasteiger partial charge is 0.306 e. The lowest BCUT2D eigenvalue weighted by molar-refractivity contribution is -0.167. The van der Waals surface area contributed by atoms with Gasteiger partial charge in [-0.1, -0.05) is 276 Å². The minimum atomic E-state index is -0.772. The third-order valence-electron chi connectivity index (χ3n) is 13.1. The molecule has 67 heavy (non-hydrogen) atoms. The van der Waals surface area contributed by atoms with Gasteiger partial charge in [0.05, 0.1) is 0 Å². The first-order chi connectivity index (χ1) is 33.0. The molecule has 0 fully saturated rings. The van der Waals surface area contributed by atoms with Crippen molar-refractivity contribution in [2.24, 2.45) is 0 Å². The molecule has 0 aliphatic rings. The van der Waals surface area contributed by atoms with Crippen LogP contribution in [0.1, 0.15) is 316 Å². The molecule has 6 nitrogen and oxygen atoms in total. The van der Waals surface area contributed by atoms with Crippen molar-refractivity contribution in [1.29, 1.82) is 0 Å². The third-order valence-corrected chi connectivity index (χ3v) is 13.1. The highest BCUT2D eigenvalue weighted by molar-refractivity contribution is 5.71. The molecule has 0 saturated heterocycles. The summed E-state index contributed by atoms with van der Waals surface area (Å²) in [5.41, 5.74) is 0. The fourth-order valence-corrected chi connectivity index (χ4v) is 8.69. The number of hydrogen-bond acceptors (Lipinski definition) is 6.